The number of carbonyl (C=O) groups excluding carboxylic acids is 1. The molecule has 1 N–H and O–H groups in total. The predicted molar refractivity (Wildman–Crippen MR) is 112 cm³/mol. The molecule has 2 aromatic rings. The molecule has 3 rings (SSSR count). The molecule has 1 amide bonds. The molecule has 0 radical (unpaired) electrons. The number of rotatable bonds is 6. The number of anilines is 1. The van der Waals surface area contributed by atoms with E-state index in [0.717, 1.165) is 19.3 Å². The Kier molecular flexibility index (Phi) is 6.92. The summed E-state index contributed by atoms with van der Waals surface area (Å²) in [6, 6.07) is 7.66. The van der Waals surface area contributed by atoms with E-state index in [-0.39, 0.29) is 16.6 Å². The highest BCUT2D eigenvalue weighted by molar-refractivity contribution is 8.00. The van der Waals surface area contributed by atoms with Crippen molar-refractivity contribution < 1.29 is 17.6 Å². The molecule has 1 aliphatic heterocycles. The van der Waals surface area contributed by atoms with Crippen molar-refractivity contribution in [2.24, 2.45) is 0 Å². The molecule has 9 heteroatoms. The van der Waals surface area contributed by atoms with Crippen LogP contribution < -0.4 is 5.32 Å². The number of hydrogen-bond acceptors (Lipinski definition) is 5. The van der Waals surface area contributed by atoms with Gasteiger partial charge in [-0.05, 0) is 56.5 Å². The first-order valence-corrected chi connectivity index (χ1v) is 11.8. The number of nitrogens with one attached hydrogen (secondary N) is 1. The van der Waals surface area contributed by atoms with E-state index in [1.807, 2.05) is 0 Å². The second-order valence-electron chi connectivity index (χ2n) is 7.01. The van der Waals surface area contributed by atoms with Crippen LogP contribution in [-0.4, -0.2) is 42.0 Å². The highest BCUT2D eigenvalue weighted by atomic mass is 32.2. The first kappa shape index (κ1) is 21.7. The highest BCUT2D eigenvalue weighted by Crippen LogP contribution is 2.25. The van der Waals surface area contributed by atoms with E-state index in [9.17, 15) is 17.6 Å². The summed E-state index contributed by atoms with van der Waals surface area (Å²) in [7, 11) is -3.53. The molecule has 1 unspecified atom stereocenters. The van der Waals surface area contributed by atoms with Gasteiger partial charge in [-0.3, -0.25) is 4.79 Å². The number of aromatic nitrogens is 1. The summed E-state index contributed by atoms with van der Waals surface area (Å²) in [6.45, 7) is 4.44. The summed E-state index contributed by atoms with van der Waals surface area (Å²) in [5.41, 5.74) is 0.899. The number of piperidine rings is 1. The quantitative estimate of drug-likeness (QED) is 0.695. The molecule has 6 nitrogen and oxygen atoms in total. The minimum Gasteiger partial charge on any atom is -0.325 e. The van der Waals surface area contributed by atoms with Crippen LogP contribution in [0.4, 0.5) is 10.1 Å². The summed E-state index contributed by atoms with van der Waals surface area (Å²) in [6.07, 6.45) is 4.14. The zero-order chi connectivity index (χ0) is 21.0. The second kappa shape index (κ2) is 9.23. The van der Waals surface area contributed by atoms with Gasteiger partial charge in [0.05, 0.1) is 10.3 Å². The van der Waals surface area contributed by atoms with Crippen LogP contribution in [0.5, 0.6) is 0 Å². The third-order valence-corrected chi connectivity index (χ3v) is 7.70. The number of pyridine rings is 1. The lowest BCUT2D eigenvalue weighted by Gasteiger charge is -2.25. The van der Waals surface area contributed by atoms with Gasteiger partial charge in [-0.25, -0.2) is 17.8 Å². The third kappa shape index (κ3) is 5.34. The maximum absolute atomic E-state index is 13.6. The molecule has 1 atom stereocenters. The molecule has 1 aromatic heterocycles. The molecule has 29 heavy (non-hydrogen) atoms. The lowest BCUT2D eigenvalue weighted by molar-refractivity contribution is -0.115. The van der Waals surface area contributed by atoms with Gasteiger partial charge in [-0.2, -0.15) is 4.31 Å². The Morgan fingerprint density at radius 2 is 1.93 bits per heavy atom. The van der Waals surface area contributed by atoms with Gasteiger partial charge in [0.1, 0.15) is 10.7 Å². The van der Waals surface area contributed by atoms with E-state index in [2.05, 4.69) is 10.3 Å². The summed E-state index contributed by atoms with van der Waals surface area (Å²) in [4.78, 5) is 16.7. The van der Waals surface area contributed by atoms with Crippen molar-refractivity contribution in [3.8, 4) is 0 Å². The summed E-state index contributed by atoms with van der Waals surface area (Å²) < 4.78 is 40.5. The molecule has 1 saturated heterocycles. The van der Waals surface area contributed by atoms with Crippen LogP contribution in [0, 0.1) is 12.7 Å². The Balaban J connectivity index is 1.62. The molecular formula is C20H24FN3O3S2. The molecule has 1 aromatic carbocycles. The average Bonchev–Trinajstić information content (AvgIpc) is 2.72. The van der Waals surface area contributed by atoms with Gasteiger partial charge < -0.3 is 5.32 Å². The van der Waals surface area contributed by atoms with Gasteiger partial charge in [0.25, 0.3) is 0 Å². The zero-order valence-corrected chi connectivity index (χ0v) is 18.0. The predicted octanol–water partition coefficient (Wildman–Crippen LogP) is 3.82. The van der Waals surface area contributed by atoms with E-state index < -0.39 is 15.3 Å². The SMILES string of the molecule is Cc1ccc(NC(=O)C(C)Sc2ccc(S(=O)(=O)N3CCCCC3)cn2)cc1F. The Hall–Kier alpha value is -1.97. The smallest absolute Gasteiger partial charge is 0.244 e. The number of hydrogen-bond donors (Lipinski definition) is 1. The fourth-order valence-electron chi connectivity index (χ4n) is 2.99. The van der Waals surface area contributed by atoms with E-state index in [4.69, 9.17) is 0 Å². The molecule has 0 aliphatic carbocycles. The Morgan fingerprint density at radius 1 is 1.21 bits per heavy atom. The largest absolute Gasteiger partial charge is 0.325 e. The van der Waals surface area contributed by atoms with Crippen LogP contribution in [0.15, 0.2) is 46.5 Å². The zero-order valence-electron chi connectivity index (χ0n) is 16.4. The lowest BCUT2D eigenvalue weighted by Crippen LogP contribution is -2.35. The molecule has 156 valence electrons. The van der Waals surface area contributed by atoms with Crippen LogP contribution in [-0.2, 0) is 14.8 Å². The number of thioether (sulfide) groups is 1. The first-order chi connectivity index (χ1) is 13.8. The Bertz CT molecular complexity index is 975. The number of carbonyl (C=O) groups is 1. The monoisotopic (exact) mass is 437 g/mol. The van der Waals surface area contributed by atoms with Crippen molar-refractivity contribution >= 4 is 33.4 Å². The van der Waals surface area contributed by atoms with Gasteiger partial charge in [0, 0.05) is 25.0 Å². The Labute approximate surface area is 175 Å². The third-order valence-electron chi connectivity index (χ3n) is 4.77. The van der Waals surface area contributed by atoms with Gasteiger partial charge in [0.15, 0.2) is 0 Å². The van der Waals surface area contributed by atoms with Gasteiger partial charge >= 0.3 is 0 Å². The molecule has 0 bridgehead atoms. The summed E-state index contributed by atoms with van der Waals surface area (Å²) in [5, 5.41) is 2.73. The van der Waals surface area contributed by atoms with Crippen molar-refractivity contribution in [2.45, 2.75) is 48.3 Å². The molecule has 1 aliphatic rings. The van der Waals surface area contributed by atoms with Crippen molar-refractivity contribution in [1.29, 1.82) is 0 Å². The topological polar surface area (TPSA) is 79.4 Å². The number of amides is 1. The van der Waals surface area contributed by atoms with E-state index in [1.54, 1.807) is 32.0 Å². The number of halogens is 1. The minimum absolute atomic E-state index is 0.163. The van der Waals surface area contributed by atoms with Crippen molar-refractivity contribution in [3.05, 3.63) is 47.9 Å². The van der Waals surface area contributed by atoms with E-state index in [0.29, 0.717) is 29.4 Å². The molecule has 0 saturated carbocycles. The number of benzene rings is 1. The fourth-order valence-corrected chi connectivity index (χ4v) is 5.24. The Morgan fingerprint density at radius 3 is 2.55 bits per heavy atom. The van der Waals surface area contributed by atoms with Crippen LogP contribution in [0.1, 0.15) is 31.7 Å². The van der Waals surface area contributed by atoms with Gasteiger partial charge in [0.2, 0.25) is 15.9 Å². The maximum Gasteiger partial charge on any atom is 0.244 e. The average molecular weight is 438 g/mol. The normalized spacial score (nSPS) is 16.4. The molecule has 1 fully saturated rings. The van der Waals surface area contributed by atoms with Crippen molar-refractivity contribution in [2.75, 3.05) is 18.4 Å². The van der Waals surface area contributed by atoms with Crippen LogP contribution in [0.3, 0.4) is 0 Å². The maximum atomic E-state index is 13.6. The standard InChI is InChI=1S/C20H24FN3O3S2/c1-14-6-7-16(12-18(14)21)23-20(25)15(2)28-19-9-8-17(13-22-19)29(26,27)24-10-4-3-5-11-24/h6-9,12-13,15H,3-5,10-11H2,1-2H3,(H,23,25). The second-order valence-corrected chi connectivity index (χ2v) is 10.3. The highest BCUT2D eigenvalue weighted by Gasteiger charge is 2.26. The molecule has 0 spiro atoms. The van der Waals surface area contributed by atoms with Crippen LogP contribution in [0.2, 0.25) is 0 Å². The summed E-state index contributed by atoms with van der Waals surface area (Å²) >= 11 is 1.21. The first-order valence-electron chi connectivity index (χ1n) is 9.47. The number of aryl methyl sites for hydroxylation is 1. The number of nitrogens with zero attached hydrogens (tertiary/aromatic N) is 2. The minimum atomic E-state index is -3.53. The molecular weight excluding hydrogens is 413 g/mol. The lowest BCUT2D eigenvalue weighted by atomic mass is 10.2. The molecule has 2 heterocycles. The van der Waals surface area contributed by atoms with E-state index in [1.165, 1.54) is 34.4 Å². The van der Waals surface area contributed by atoms with Crippen molar-refractivity contribution in [3.63, 3.8) is 0 Å². The van der Waals surface area contributed by atoms with Gasteiger partial charge in [-0.1, -0.05) is 24.2 Å². The fraction of sp³-hybridized carbons (Fsp3) is 0.400. The van der Waals surface area contributed by atoms with Crippen LogP contribution >= 0.6 is 11.8 Å². The number of sulfonamides is 1. The van der Waals surface area contributed by atoms with E-state index >= 15 is 0 Å². The van der Waals surface area contributed by atoms with Crippen molar-refractivity contribution in [1.82, 2.24) is 9.29 Å². The van der Waals surface area contributed by atoms with Gasteiger partial charge in [-0.15, -0.1) is 0 Å². The summed E-state index contributed by atoms with van der Waals surface area (Å²) in [5.74, 6) is -0.666. The van der Waals surface area contributed by atoms with Crippen LogP contribution in [0.25, 0.3) is 0 Å².